The Morgan fingerprint density at radius 3 is 3.04 bits per heavy atom. The molecule has 3 rings (SSSR count). The number of nitrogens with one attached hydrogen (secondary N) is 1. The Kier molecular flexibility index (Phi) is 8.84. The monoisotopic (exact) mass is 494 g/mol. The van der Waals surface area contributed by atoms with E-state index in [1.54, 1.807) is 4.88 Å². The van der Waals surface area contributed by atoms with E-state index in [1.807, 2.05) is 18.4 Å². The molecule has 142 valence electrons. The van der Waals surface area contributed by atoms with E-state index in [-0.39, 0.29) is 24.0 Å². The maximum absolute atomic E-state index is 4.53. The van der Waals surface area contributed by atoms with Crippen LogP contribution in [-0.4, -0.2) is 66.0 Å². The van der Waals surface area contributed by atoms with Gasteiger partial charge in [0.15, 0.2) is 5.96 Å². The predicted molar refractivity (Wildman–Crippen MR) is 123 cm³/mol. The Balaban J connectivity index is 0.00000225. The second-order valence-corrected chi connectivity index (χ2v) is 9.12. The lowest BCUT2D eigenvalue weighted by Gasteiger charge is -2.36. The Labute approximate surface area is 177 Å². The van der Waals surface area contributed by atoms with E-state index >= 15 is 0 Å². The summed E-state index contributed by atoms with van der Waals surface area (Å²) in [5, 5.41) is 6.60. The van der Waals surface area contributed by atoms with Gasteiger partial charge in [-0.05, 0) is 36.8 Å². The molecular weight excluding hydrogens is 463 g/mol. The van der Waals surface area contributed by atoms with Gasteiger partial charge >= 0.3 is 0 Å². The fourth-order valence-electron chi connectivity index (χ4n) is 3.51. The van der Waals surface area contributed by atoms with Crippen LogP contribution >= 0.6 is 47.1 Å². The average Bonchev–Trinajstić information content (AvgIpc) is 3.10. The molecule has 7 heteroatoms. The first-order valence-corrected chi connectivity index (χ1v) is 11.0. The highest BCUT2D eigenvalue weighted by Gasteiger charge is 2.24. The molecule has 0 radical (unpaired) electrons. The van der Waals surface area contributed by atoms with Gasteiger partial charge in [0.1, 0.15) is 0 Å². The number of rotatable bonds is 4. The van der Waals surface area contributed by atoms with Crippen LogP contribution in [0.5, 0.6) is 0 Å². The van der Waals surface area contributed by atoms with Crippen molar-refractivity contribution in [2.45, 2.75) is 44.5 Å². The van der Waals surface area contributed by atoms with E-state index < -0.39 is 0 Å². The van der Waals surface area contributed by atoms with Gasteiger partial charge in [0.05, 0.1) is 0 Å². The minimum Gasteiger partial charge on any atom is -0.355 e. The summed E-state index contributed by atoms with van der Waals surface area (Å²) < 4.78 is 0. The van der Waals surface area contributed by atoms with E-state index in [9.17, 15) is 0 Å². The SMILES string of the molecule is CCC1CN(C(=NC)NCC(C)N2CCc3sccc3C2)CCS1.I. The van der Waals surface area contributed by atoms with Gasteiger partial charge in [-0.25, -0.2) is 0 Å². The third-order valence-electron chi connectivity index (χ3n) is 5.12. The average molecular weight is 495 g/mol. The van der Waals surface area contributed by atoms with Crippen LogP contribution in [-0.2, 0) is 13.0 Å². The minimum absolute atomic E-state index is 0. The van der Waals surface area contributed by atoms with Crippen LogP contribution < -0.4 is 5.32 Å². The third kappa shape index (κ3) is 5.49. The Hall–Kier alpha value is 0.01000. The molecule has 2 aliphatic heterocycles. The van der Waals surface area contributed by atoms with E-state index in [1.165, 1.54) is 30.7 Å². The molecule has 2 atom stereocenters. The molecule has 1 fully saturated rings. The smallest absolute Gasteiger partial charge is 0.193 e. The van der Waals surface area contributed by atoms with E-state index in [4.69, 9.17) is 0 Å². The van der Waals surface area contributed by atoms with Crippen molar-refractivity contribution in [2.24, 2.45) is 4.99 Å². The number of hydrogen-bond donors (Lipinski definition) is 1. The molecule has 2 unspecified atom stereocenters. The number of nitrogens with zero attached hydrogens (tertiary/aromatic N) is 3. The van der Waals surface area contributed by atoms with Gasteiger partial charge in [-0.1, -0.05) is 6.92 Å². The number of fused-ring (bicyclic) bond motifs is 1. The van der Waals surface area contributed by atoms with Crippen LogP contribution in [0.2, 0.25) is 0 Å². The Morgan fingerprint density at radius 2 is 2.28 bits per heavy atom. The van der Waals surface area contributed by atoms with Crippen LogP contribution in [0, 0.1) is 0 Å². The second-order valence-electron chi connectivity index (χ2n) is 6.71. The van der Waals surface area contributed by atoms with Crippen LogP contribution in [0.4, 0.5) is 0 Å². The van der Waals surface area contributed by atoms with Crippen LogP contribution in [0.25, 0.3) is 0 Å². The maximum Gasteiger partial charge on any atom is 0.193 e. The summed E-state index contributed by atoms with van der Waals surface area (Å²) in [7, 11) is 1.91. The first-order valence-electron chi connectivity index (χ1n) is 9.07. The minimum atomic E-state index is 0. The number of halogens is 1. The number of hydrogen-bond acceptors (Lipinski definition) is 4. The zero-order chi connectivity index (χ0) is 16.9. The van der Waals surface area contributed by atoms with Crippen molar-refractivity contribution in [3.05, 3.63) is 21.9 Å². The van der Waals surface area contributed by atoms with Crippen molar-refractivity contribution in [1.29, 1.82) is 0 Å². The lowest BCUT2D eigenvalue weighted by molar-refractivity contribution is 0.191. The molecule has 2 aliphatic rings. The molecule has 1 N–H and O–H groups in total. The summed E-state index contributed by atoms with van der Waals surface area (Å²) in [4.78, 5) is 11.1. The Morgan fingerprint density at radius 1 is 1.44 bits per heavy atom. The standard InChI is InChI=1S/C18H30N4S2.HI/c1-4-16-13-22(8-10-23-16)18(19-3)20-11-14(2)21-7-5-17-15(12-21)6-9-24-17;/h6,9,14,16H,4-5,7-8,10-13H2,1-3H3,(H,19,20);1H. The summed E-state index contributed by atoms with van der Waals surface area (Å²) >= 11 is 4.02. The molecule has 25 heavy (non-hydrogen) atoms. The highest BCUT2D eigenvalue weighted by molar-refractivity contribution is 14.0. The first kappa shape index (κ1) is 21.3. The zero-order valence-corrected chi connectivity index (χ0v) is 19.5. The van der Waals surface area contributed by atoms with Crippen molar-refractivity contribution in [2.75, 3.05) is 39.0 Å². The molecule has 1 aromatic heterocycles. The summed E-state index contributed by atoms with van der Waals surface area (Å²) in [5.74, 6) is 2.29. The number of thiophene rings is 1. The second kappa shape index (κ2) is 10.4. The summed E-state index contributed by atoms with van der Waals surface area (Å²) in [6.07, 6.45) is 2.44. The van der Waals surface area contributed by atoms with Gasteiger partial charge in [-0.3, -0.25) is 9.89 Å². The number of aliphatic imine (C=N–C) groups is 1. The van der Waals surface area contributed by atoms with E-state index in [2.05, 4.69) is 57.2 Å². The third-order valence-corrected chi connectivity index (χ3v) is 7.52. The molecule has 0 aliphatic carbocycles. The normalized spacial score (nSPS) is 22.9. The van der Waals surface area contributed by atoms with Gasteiger partial charge in [-0.2, -0.15) is 11.8 Å². The first-order chi connectivity index (χ1) is 11.7. The number of guanidine groups is 1. The maximum atomic E-state index is 4.53. The Bertz CT molecular complexity index is 563. The van der Waals surface area contributed by atoms with Crippen LogP contribution in [0.3, 0.4) is 0 Å². The van der Waals surface area contributed by atoms with Gasteiger partial charge in [0, 0.05) is 61.7 Å². The van der Waals surface area contributed by atoms with Gasteiger partial charge in [0.2, 0.25) is 0 Å². The zero-order valence-electron chi connectivity index (χ0n) is 15.5. The lowest BCUT2D eigenvalue weighted by atomic mass is 10.1. The fourth-order valence-corrected chi connectivity index (χ4v) is 5.58. The molecule has 0 bridgehead atoms. The van der Waals surface area contributed by atoms with Crippen molar-refractivity contribution >= 4 is 53.0 Å². The molecule has 0 saturated carbocycles. The summed E-state index contributed by atoms with van der Waals surface area (Å²) in [5.41, 5.74) is 1.53. The molecule has 1 aromatic rings. The highest BCUT2D eigenvalue weighted by Crippen LogP contribution is 2.25. The highest BCUT2D eigenvalue weighted by atomic mass is 127. The van der Waals surface area contributed by atoms with E-state index in [0.29, 0.717) is 6.04 Å². The van der Waals surface area contributed by atoms with Crippen LogP contribution in [0.1, 0.15) is 30.7 Å². The molecule has 0 aromatic carbocycles. The fraction of sp³-hybridized carbons (Fsp3) is 0.722. The predicted octanol–water partition coefficient (Wildman–Crippen LogP) is 3.52. The van der Waals surface area contributed by atoms with Crippen molar-refractivity contribution in [3.63, 3.8) is 0 Å². The number of thioether (sulfide) groups is 1. The van der Waals surface area contributed by atoms with Gasteiger partial charge in [0.25, 0.3) is 0 Å². The summed E-state index contributed by atoms with van der Waals surface area (Å²) in [6.45, 7) is 10.1. The molecular formula is C18H31IN4S2. The van der Waals surface area contributed by atoms with Gasteiger partial charge in [-0.15, -0.1) is 35.3 Å². The molecule has 1 saturated heterocycles. The quantitative estimate of drug-likeness (QED) is 0.395. The summed E-state index contributed by atoms with van der Waals surface area (Å²) in [6, 6.07) is 2.82. The van der Waals surface area contributed by atoms with Gasteiger partial charge < -0.3 is 10.2 Å². The molecule has 4 nitrogen and oxygen atoms in total. The van der Waals surface area contributed by atoms with Crippen molar-refractivity contribution in [3.8, 4) is 0 Å². The topological polar surface area (TPSA) is 30.9 Å². The molecule has 0 spiro atoms. The largest absolute Gasteiger partial charge is 0.355 e. The van der Waals surface area contributed by atoms with Crippen molar-refractivity contribution in [1.82, 2.24) is 15.1 Å². The van der Waals surface area contributed by atoms with E-state index in [0.717, 1.165) is 37.4 Å². The molecule has 3 heterocycles. The molecule has 0 amide bonds. The van der Waals surface area contributed by atoms with Crippen molar-refractivity contribution < 1.29 is 0 Å². The lowest BCUT2D eigenvalue weighted by Crippen LogP contribution is -2.51. The van der Waals surface area contributed by atoms with Crippen LogP contribution in [0.15, 0.2) is 16.4 Å².